The normalized spacial score (nSPS) is 33.6. The largest absolute Gasteiger partial charge is 0.353 e. The topological polar surface area (TPSA) is 45.7 Å². The summed E-state index contributed by atoms with van der Waals surface area (Å²) >= 11 is 0. The average molecular weight is 329 g/mol. The Balaban J connectivity index is 1.52. The van der Waals surface area contributed by atoms with Crippen LogP contribution in [0.5, 0.6) is 0 Å². The summed E-state index contributed by atoms with van der Waals surface area (Å²) in [6.45, 7) is 8.00. The first-order valence-corrected chi connectivity index (χ1v) is 9.17. The number of nitrogens with zero attached hydrogens (tertiary/aromatic N) is 3. The molecule has 1 amide bonds. The van der Waals surface area contributed by atoms with E-state index in [-0.39, 0.29) is 11.8 Å². The van der Waals surface area contributed by atoms with Crippen LogP contribution in [0.2, 0.25) is 0 Å². The van der Waals surface area contributed by atoms with Crippen molar-refractivity contribution >= 4 is 5.91 Å². The molecule has 0 saturated carbocycles. The maximum absolute atomic E-state index is 12.6. The molecule has 1 aromatic heterocycles. The zero-order valence-corrected chi connectivity index (χ0v) is 14.6. The van der Waals surface area contributed by atoms with E-state index in [0.717, 1.165) is 32.5 Å². The molecule has 3 aliphatic rings. The number of amides is 1. The Kier molecular flexibility index (Phi) is 4.09. The monoisotopic (exact) mass is 329 g/mol. The van der Waals surface area contributed by atoms with Gasteiger partial charge in [-0.05, 0) is 24.0 Å². The Morgan fingerprint density at radius 3 is 3.08 bits per heavy atom. The molecule has 1 spiro atoms. The van der Waals surface area contributed by atoms with Crippen molar-refractivity contribution < 1.29 is 9.53 Å². The van der Waals surface area contributed by atoms with Crippen LogP contribution in [0.3, 0.4) is 0 Å². The molecule has 3 fully saturated rings. The van der Waals surface area contributed by atoms with Crippen molar-refractivity contribution in [2.75, 3.05) is 19.7 Å². The van der Waals surface area contributed by atoms with Gasteiger partial charge < -0.3 is 9.64 Å². The summed E-state index contributed by atoms with van der Waals surface area (Å²) in [5.41, 5.74) is 0.917. The van der Waals surface area contributed by atoms with Gasteiger partial charge in [0.05, 0.1) is 12.6 Å². The van der Waals surface area contributed by atoms with Gasteiger partial charge in [-0.15, -0.1) is 0 Å². The zero-order valence-electron chi connectivity index (χ0n) is 14.6. The van der Waals surface area contributed by atoms with E-state index >= 15 is 0 Å². The third-order valence-electron chi connectivity index (χ3n) is 6.02. The van der Waals surface area contributed by atoms with Crippen molar-refractivity contribution in [1.82, 2.24) is 14.8 Å². The third kappa shape index (κ3) is 2.54. The third-order valence-corrected chi connectivity index (χ3v) is 6.02. The molecular weight excluding hydrogens is 302 g/mol. The van der Waals surface area contributed by atoms with Crippen molar-refractivity contribution in [3.63, 3.8) is 0 Å². The average Bonchev–Trinajstić information content (AvgIpc) is 2.98. The van der Waals surface area contributed by atoms with E-state index in [1.165, 1.54) is 5.56 Å². The molecular formula is C19H27N3O2. The highest BCUT2D eigenvalue weighted by molar-refractivity contribution is 5.78. The molecule has 3 aliphatic heterocycles. The molecule has 130 valence electrons. The minimum absolute atomic E-state index is 0.241. The van der Waals surface area contributed by atoms with E-state index in [2.05, 4.69) is 34.7 Å². The summed E-state index contributed by atoms with van der Waals surface area (Å²) in [6, 6.07) is 4.37. The van der Waals surface area contributed by atoms with Crippen molar-refractivity contribution in [1.29, 1.82) is 0 Å². The first-order chi connectivity index (χ1) is 11.6. The summed E-state index contributed by atoms with van der Waals surface area (Å²) < 4.78 is 6.36. The fraction of sp³-hybridized carbons (Fsp3) is 0.684. The van der Waals surface area contributed by atoms with Crippen LogP contribution in [0.25, 0.3) is 0 Å². The standard InChI is InChI=1S/C19H27N3O2/c1-14(2)17-13-24-19-7-9-21(11-15-4-3-8-20-10-15)12-16(19)5-6-18(23)22(17)19/h3-4,8,10,14,16-17H,5-7,9,11-13H2,1-2H3. The minimum Gasteiger partial charge on any atom is -0.353 e. The second-order valence-corrected chi connectivity index (χ2v) is 7.81. The van der Waals surface area contributed by atoms with Crippen LogP contribution < -0.4 is 0 Å². The van der Waals surface area contributed by atoms with Gasteiger partial charge in [0.2, 0.25) is 5.91 Å². The number of likely N-dealkylation sites (tertiary alicyclic amines) is 1. The van der Waals surface area contributed by atoms with Gasteiger partial charge in [-0.3, -0.25) is 14.7 Å². The Bertz CT molecular complexity index is 606. The molecule has 1 aromatic rings. The molecule has 0 N–H and O–H groups in total. The number of rotatable bonds is 3. The van der Waals surface area contributed by atoms with Crippen LogP contribution in [0.1, 0.15) is 38.7 Å². The molecule has 24 heavy (non-hydrogen) atoms. The molecule has 3 unspecified atom stereocenters. The van der Waals surface area contributed by atoms with Crippen molar-refractivity contribution in [2.45, 2.75) is 51.4 Å². The number of hydrogen-bond acceptors (Lipinski definition) is 4. The van der Waals surface area contributed by atoms with E-state index in [1.807, 2.05) is 18.5 Å². The van der Waals surface area contributed by atoms with Gasteiger partial charge in [0.25, 0.3) is 0 Å². The van der Waals surface area contributed by atoms with Crippen LogP contribution in [0, 0.1) is 11.8 Å². The SMILES string of the molecule is CC(C)C1COC23CCN(Cc4cccnc4)CC2CCC(=O)N13. The van der Waals surface area contributed by atoms with E-state index in [4.69, 9.17) is 4.74 Å². The predicted octanol–water partition coefficient (Wildman–Crippen LogP) is 2.28. The Morgan fingerprint density at radius 2 is 2.33 bits per heavy atom. The number of carbonyl (C=O) groups excluding carboxylic acids is 1. The maximum atomic E-state index is 12.6. The van der Waals surface area contributed by atoms with Crippen molar-refractivity contribution in [3.05, 3.63) is 30.1 Å². The maximum Gasteiger partial charge on any atom is 0.225 e. The smallest absolute Gasteiger partial charge is 0.225 e. The van der Waals surface area contributed by atoms with Crippen LogP contribution in [0.4, 0.5) is 0 Å². The number of ether oxygens (including phenoxy) is 1. The Hall–Kier alpha value is -1.46. The van der Waals surface area contributed by atoms with Crippen molar-refractivity contribution in [2.24, 2.45) is 11.8 Å². The summed E-state index contributed by atoms with van der Waals surface area (Å²) in [6.07, 6.45) is 6.30. The molecule has 5 heteroatoms. The van der Waals surface area contributed by atoms with E-state index in [9.17, 15) is 4.79 Å². The fourth-order valence-electron chi connectivity index (χ4n) is 4.74. The first kappa shape index (κ1) is 16.0. The van der Waals surface area contributed by atoms with Gasteiger partial charge in [-0.1, -0.05) is 19.9 Å². The second kappa shape index (κ2) is 6.12. The lowest BCUT2D eigenvalue weighted by Gasteiger charge is -2.53. The number of aromatic nitrogens is 1. The van der Waals surface area contributed by atoms with Gasteiger partial charge in [-0.25, -0.2) is 0 Å². The van der Waals surface area contributed by atoms with Gasteiger partial charge in [0.15, 0.2) is 0 Å². The molecule has 4 rings (SSSR count). The number of carbonyl (C=O) groups is 1. The van der Waals surface area contributed by atoms with E-state index in [1.54, 1.807) is 0 Å². The number of pyridine rings is 1. The number of piperidine rings is 2. The molecule has 5 nitrogen and oxygen atoms in total. The summed E-state index contributed by atoms with van der Waals surface area (Å²) in [5.74, 6) is 1.16. The lowest BCUT2D eigenvalue weighted by Crippen LogP contribution is -2.65. The van der Waals surface area contributed by atoms with Crippen LogP contribution in [-0.2, 0) is 16.1 Å². The summed E-state index contributed by atoms with van der Waals surface area (Å²) in [5, 5.41) is 0. The van der Waals surface area contributed by atoms with Crippen LogP contribution in [0.15, 0.2) is 24.5 Å². The van der Waals surface area contributed by atoms with Gasteiger partial charge >= 0.3 is 0 Å². The Morgan fingerprint density at radius 1 is 1.46 bits per heavy atom. The quantitative estimate of drug-likeness (QED) is 0.853. The van der Waals surface area contributed by atoms with E-state index in [0.29, 0.717) is 30.8 Å². The van der Waals surface area contributed by atoms with Crippen molar-refractivity contribution in [3.8, 4) is 0 Å². The lowest BCUT2D eigenvalue weighted by molar-refractivity contribution is -0.193. The summed E-state index contributed by atoms with van der Waals surface area (Å²) in [7, 11) is 0. The van der Waals surface area contributed by atoms with Gasteiger partial charge in [0.1, 0.15) is 5.72 Å². The van der Waals surface area contributed by atoms with Gasteiger partial charge in [-0.2, -0.15) is 0 Å². The first-order valence-electron chi connectivity index (χ1n) is 9.17. The molecule has 3 saturated heterocycles. The zero-order chi connectivity index (χ0) is 16.7. The highest BCUT2D eigenvalue weighted by Gasteiger charge is 2.58. The summed E-state index contributed by atoms with van der Waals surface area (Å²) in [4.78, 5) is 21.5. The number of hydrogen-bond donors (Lipinski definition) is 0. The molecule has 0 aliphatic carbocycles. The van der Waals surface area contributed by atoms with Crippen LogP contribution >= 0.6 is 0 Å². The minimum atomic E-state index is -0.338. The van der Waals surface area contributed by atoms with E-state index < -0.39 is 0 Å². The highest BCUT2D eigenvalue weighted by atomic mass is 16.5. The fourth-order valence-corrected chi connectivity index (χ4v) is 4.74. The predicted molar refractivity (Wildman–Crippen MR) is 91.0 cm³/mol. The lowest BCUT2D eigenvalue weighted by atomic mass is 9.79. The Labute approximate surface area is 144 Å². The highest BCUT2D eigenvalue weighted by Crippen LogP contribution is 2.47. The molecule has 3 atom stereocenters. The van der Waals surface area contributed by atoms with Crippen LogP contribution in [-0.4, -0.2) is 52.2 Å². The molecule has 0 aromatic carbocycles. The molecule has 0 radical (unpaired) electrons. The molecule has 4 heterocycles. The second-order valence-electron chi connectivity index (χ2n) is 7.81. The molecule has 0 bridgehead atoms. The van der Waals surface area contributed by atoms with Gasteiger partial charge in [0, 0.05) is 50.8 Å².